The minimum absolute atomic E-state index is 0.295. The summed E-state index contributed by atoms with van der Waals surface area (Å²) in [6, 6.07) is 9.67. The van der Waals surface area contributed by atoms with Gasteiger partial charge in [0, 0.05) is 21.7 Å². The molecule has 2 aromatic rings. The predicted molar refractivity (Wildman–Crippen MR) is 78.2 cm³/mol. The monoisotopic (exact) mass is 297 g/mol. The molecule has 19 heavy (non-hydrogen) atoms. The third-order valence-electron chi connectivity index (χ3n) is 3.00. The Balaban J connectivity index is 2.27. The molecule has 2 N–H and O–H groups in total. The molecular weight excluding hydrogens is 284 g/mol. The second kappa shape index (κ2) is 5.91. The van der Waals surface area contributed by atoms with E-state index in [1.165, 1.54) is 6.07 Å². The highest BCUT2D eigenvalue weighted by atomic mass is 35.5. The van der Waals surface area contributed by atoms with Crippen LogP contribution in [0.3, 0.4) is 0 Å². The first-order valence-electron chi connectivity index (χ1n) is 5.93. The van der Waals surface area contributed by atoms with Gasteiger partial charge in [-0.2, -0.15) is 0 Å². The summed E-state index contributed by atoms with van der Waals surface area (Å²) >= 11 is 12.0. The summed E-state index contributed by atoms with van der Waals surface area (Å²) in [4.78, 5) is 0. The molecule has 1 atom stereocenters. The van der Waals surface area contributed by atoms with Crippen LogP contribution < -0.4 is 5.73 Å². The van der Waals surface area contributed by atoms with Crippen molar-refractivity contribution in [3.8, 4) is 0 Å². The molecule has 100 valence electrons. The minimum Gasteiger partial charge on any atom is -0.324 e. The lowest BCUT2D eigenvalue weighted by atomic mass is 9.98. The van der Waals surface area contributed by atoms with Gasteiger partial charge in [0.2, 0.25) is 0 Å². The third kappa shape index (κ3) is 3.47. The Morgan fingerprint density at radius 2 is 1.89 bits per heavy atom. The summed E-state index contributed by atoms with van der Waals surface area (Å²) in [5, 5.41) is 1.18. The zero-order valence-corrected chi connectivity index (χ0v) is 12.0. The maximum Gasteiger partial charge on any atom is 0.128 e. The van der Waals surface area contributed by atoms with E-state index < -0.39 is 6.04 Å². The maximum absolute atomic E-state index is 13.8. The average Bonchev–Trinajstić information content (AvgIpc) is 2.36. The first-order chi connectivity index (χ1) is 8.97. The van der Waals surface area contributed by atoms with Gasteiger partial charge in [0.25, 0.3) is 0 Å². The number of hydrogen-bond acceptors (Lipinski definition) is 1. The molecule has 2 aromatic carbocycles. The smallest absolute Gasteiger partial charge is 0.128 e. The fourth-order valence-corrected chi connectivity index (χ4v) is 2.38. The van der Waals surface area contributed by atoms with Gasteiger partial charge >= 0.3 is 0 Å². The summed E-state index contributed by atoms with van der Waals surface area (Å²) in [6.07, 6.45) is 0.444. The van der Waals surface area contributed by atoms with E-state index in [0.717, 1.165) is 11.1 Å². The molecule has 0 aromatic heterocycles. The second-order valence-corrected chi connectivity index (χ2v) is 5.41. The Hall–Kier alpha value is -1.09. The van der Waals surface area contributed by atoms with Gasteiger partial charge in [0.15, 0.2) is 0 Å². The zero-order chi connectivity index (χ0) is 14.0. The van der Waals surface area contributed by atoms with E-state index in [2.05, 4.69) is 0 Å². The first kappa shape index (κ1) is 14.3. The Bertz CT molecular complexity index is 599. The molecule has 0 spiro atoms. The number of aryl methyl sites for hydroxylation is 1. The number of halogens is 3. The lowest BCUT2D eigenvalue weighted by Gasteiger charge is -2.15. The number of nitrogens with two attached hydrogens (primary N) is 1. The molecule has 4 heteroatoms. The standard InChI is InChI=1S/C15H14Cl2FN/c1-9-2-5-14(18)12(6-9)15(19)8-10-7-11(16)3-4-13(10)17/h2-7,15H,8,19H2,1H3. The predicted octanol–water partition coefficient (Wildman–Crippen LogP) is 4.68. The molecule has 0 saturated carbocycles. The van der Waals surface area contributed by atoms with Crippen LogP contribution in [-0.2, 0) is 6.42 Å². The van der Waals surface area contributed by atoms with Crippen molar-refractivity contribution < 1.29 is 4.39 Å². The summed E-state index contributed by atoms with van der Waals surface area (Å²) in [5.41, 5.74) is 8.37. The molecule has 0 heterocycles. The van der Waals surface area contributed by atoms with Crippen molar-refractivity contribution in [2.45, 2.75) is 19.4 Å². The van der Waals surface area contributed by atoms with Crippen LogP contribution >= 0.6 is 23.2 Å². The SMILES string of the molecule is Cc1ccc(F)c(C(N)Cc2cc(Cl)ccc2Cl)c1. The Morgan fingerprint density at radius 1 is 1.16 bits per heavy atom. The molecule has 2 rings (SSSR count). The summed E-state index contributed by atoms with van der Waals surface area (Å²) < 4.78 is 13.8. The van der Waals surface area contributed by atoms with Gasteiger partial charge in [-0.05, 0) is 43.2 Å². The highest BCUT2D eigenvalue weighted by molar-refractivity contribution is 6.33. The first-order valence-corrected chi connectivity index (χ1v) is 6.68. The van der Waals surface area contributed by atoms with Crippen LogP contribution in [0.15, 0.2) is 36.4 Å². The van der Waals surface area contributed by atoms with Gasteiger partial charge < -0.3 is 5.73 Å². The van der Waals surface area contributed by atoms with Crippen molar-refractivity contribution in [2.24, 2.45) is 5.73 Å². The van der Waals surface area contributed by atoms with E-state index in [1.807, 2.05) is 6.92 Å². The quantitative estimate of drug-likeness (QED) is 0.874. The summed E-state index contributed by atoms with van der Waals surface area (Å²) in [6.45, 7) is 1.90. The van der Waals surface area contributed by atoms with Crippen LogP contribution in [0.1, 0.15) is 22.7 Å². The van der Waals surface area contributed by atoms with Crippen molar-refractivity contribution in [2.75, 3.05) is 0 Å². The van der Waals surface area contributed by atoms with Crippen molar-refractivity contribution in [1.29, 1.82) is 0 Å². The van der Waals surface area contributed by atoms with Crippen molar-refractivity contribution in [1.82, 2.24) is 0 Å². The molecule has 0 aliphatic heterocycles. The van der Waals surface area contributed by atoms with E-state index in [4.69, 9.17) is 28.9 Å². The van der Waals surface area contributed by atoms with Crippen LogP contribution in [0.4, 0.5) is 4.39 Å². The molecule has 0 saturated heterocycles. The highest BCUT2D eigenvalue weighted by Crippen LogP contribution is 2.26. The lowest BCUT2D eigenvalue weighted by molar-refractivity contribution is 0.579. The Kier molecular flexibility index (Phi) is 4.46. The van der Waals surface area contributed by atoms with Crippen molar-refractivity contribution in [3.05, 3.63) is 69.0 Å². The molecule has 0 aliphatic carbocycles. The van der Waals surface area contributed by atoms with Crippen LogP contribution in [0.5, 0.6) is 0 Å². The fraction of sp³-hybridized carbons (Fsp3) is 0.200. The van der Waals surface area contributed by atoms with Gasteiger partial charge in [-0.1, -0.05) is 40.9 Å². The molecule has 0 bridgehead atoms. The molecule has 1 unspecified atom stereocenters. The van der Waals surface area contributed by atoms with Gasteiger partial charge in [0.1, 0.15) is 5.82 Å². The molecule has 0 amide bonds. The molecule has 1 nitrogen and oxygen atoms in total. The van der Waals surface area contributed by atoms with Crippen LogP contribution in [0.25, 0.3) is 0 Å². The largest absolute Gasteiger partial charge is 0.324 e. The van der Waals surface area contributed by atoms with Crippen LogP contribution in [0.2, 0.25) is 10.0 Å². The minimum atomic E-state index is -0.448. The second-order valence-electron chi connectivity index (χ2n) is 4.57. The maximum atomic E-state index is 13.8. The van der Waals surface area contributed by atoms with Gasteiger partial charge in [-0.15, -0.1) is 0 Å². The van der Waals surface area contributed by atoms with E-state index in [0.29, 0.717) is 22.0 Å². The number of benzene rings is 2. The Labute approximate surface area is 122 Å². The van der Waals surface area contributed by atoms with Gasteiger partial charge in [-0.3, -0.25) is 0 Å². The number of hydrogen-bond donors (Lipinski definition) is 1. The van der Waals surface area contributed by atoms with E-state index >= 15 is 0 Å². The van der Waals surface area contributed by atoms with E-state index in [1.54, 1.807) is 30.3 Å². The van der Waals surface area contributed by atoms with Crippen molar-refractivity contribution in [3.63, 3.8) is 0 Å². The number of rotatable bonds is 3. The van der Waals surface area contributed by atoms with Gasteiger partial charge in [-0.25, -0.2) is 4.39 Å². The normalized spacial score (nSPS) is 12.5. The summed E-state index contributed by atoms with van der Waals surface area (Å²) in [5.74, 6) is -0.295. The van der Waals surface area contributed by atoms with E-state index in [9.17, 15) is 4.39 Å². The molecule has 0 fully saturated rings. The van der Waals surface area contributed by atoms with Crippen molar-refractivity contribution >= 4 is 23.2 Å². The third-order valence-corrected chi connectivity index (χ3v) is 3.60. The van der Waals surface area contributed by atoms with E-state index in [-0.39, 0.29) is 5.82 Å². The topological polar surface area (TPSA) is 26.0 Å². The average molecular weight is 298 g/mol. The molecule has 0 aliphatic rings. The summed E-state index contributed by atoms with van der Waals surface area (Å²) in [7, 11) is 0. The zero-order valence-electron chi connectivity index (χ0n) is 10.5. The fourth-order valence-electron chi connectivity index (χ4n) is 1.99. The lowest BCUT2D eigenvalue weighted by Crippen LogP contribution is -2.15. The van der Waals surface area contributed by atoms with Crippen LogP contribution in [0, 0.1) is 12.7 Å². The van der Waals surface area contributed by atoms with Gasteiger partial charge in [0.05, 0.1) is 0 Å². The van der Waals surface area contributed by atoms with Crippen LogP contribution in [-0.4, -0.2) is 0 Å². The highest BCUT2D eigenvalue weighted by Gasteiger charge is 2.14. The molecule has 0 radical (unpaired) electrons. The molecular formula is C15H14Cl2FN. The Morgan fingerprint density at radius 3 is 2.63 bits per heavy atom.